The largest absolute Gasteiger partial charge is 0.466 e. The highest BCUT2D eigenvalue weighted by molar-refractivity contribution is 5.81. The van der Waals surface area contributed by atoms with Gasteiger partial charge in [0.1, 0.15) is 0 Å². The lowest BCUT2D eigenvalue weighted by Gasteiger charge is -2.34. The third-order valence-corrected chi connectivity index (χ3v) is 4.77. The maximum atomic E-state index is 12.0. The van der Waals surface area contributed by atoms with Crippen molar-refractivity contribution >= 4 is 11.9 Å². The number of esters is 1. The summed E-state index contributed by atoms with van der Waals surface area (Å²) in [6, 6.07) is 0. The molecule has 2 aliphatic rings. The van der Waals surface area contributed by atoms with Gasteiger partial charge in [-0.25, -0.2) is 0 Å². The summed E-state index contributed by atoms with van der Waals surface area (Å²) in [5, 5.41) is 13.3. The van der Waals surface area contributed by atoms with E-state index in [4.69, 9.17) is 9.73 Å². The van der Waals surface area contributed by atoms with E-state index in [1.807, 2.05) is 13.8 Å². The molecular formula is C17H31N3O3. The fourth-order valence-corrected chi connectivity index (χ4v) is 3.48. The summed E-state index contributed by atoms with van der Waals surface area (Å²) in [7, 11) is 0. The van der Waals surface area contributed by atoms with Crippen LogP contribution in [0, 0.1) is 11.8 Å². The highest BCUT2D eigenvalue weighted by atomic mass is 16.5. The summed E-state index contributed by atoms with van der Waals surface area (Å²) < 4.78 is 5.17. The van der Waals surface area contributed by atoms with Crippen molar-refractivity contribution in [3.8, 4) is 0 Å². The molecule has 0 aromatic heterocycles. The number of aliphatic imine (C=N–C) groups is 1. The second-order valence-corrected chi connectivity index (χ2v) is 6.49. The van der Waals surface area contributed by atoms with Crippen LogP contribution in [0.1, 0.15) is 46.0 Å². The van der Waals surface area contributed by atoms with Gasteiger partial charge in [0.2, 0.25) is 0 Å². The fourth-order valence-electron chi connectivity index (χ4n) is 3.48. The van der Waals surface area contributed by atoms with Gasteiger partial charge in [-0.05, 0) is 39.5 Å². The van der Waals surface area contributed by atoms with Gasteiger partial charge in [0.25, 0.3) is 0 Å². The van der Waals surface area contributed by atoms with Crippen molar-refractivity contribution in [2.24, 2.45) is 16.8 Å². The predicted octanol–water partition coefficient (Wildman–Crippen LogP) is 1.39. The number of hydrogen-bond donors (Lipinski definition) is 2. The molecule has 0 aromatic rings. The zero-order valence-electron chi connectivity index (χ0n) is 14.5. The summed E-state index contributed by atoms with van der Waals surface area (Å²) in [5.74, 6) is 0.971. The van der Waals surface area contributed by atoms with E-state index >= 15 is 0 Å². The minimum Gasteiger partial charge on any atom is -0.466 e. The first-order valence-electron chi connectivity index (χ1n) is 9.03. The molecule has 1 saturated carbocycles. The average molecular weight is 325 g/mol. The van der Waals surface area contributed by atoms with Gasteiger partial charge in [-0.2, -0.15) is 0 Å². The number of nitrogens with zero attached hydrogens (tertiary/aromatic N) is 2. The Morgan fingerprint density at radius 2 is 2.13 bits per heavy atom. The number of aliphatic hydroxyl groups excluding tert-OH is 1. The van der Waals surface area contributed by atoms with Crippen molar-refractivity contribution in [3.63, 3.8) is 0 Å². The van der Waals surface area contributed by atoms with E-state index in [-0.39, 0.29) is 23.9 Å². The van der Waals surface area contributed by atoms with E-state index < -0.39 is 0 Å². The van der Waals surface area contributed by atoms with Crippen LogP contribution in [0.25, 0.3) is 0 Å². The third-order valence-electron chi connectivity index (χ3n) is 4.77. The monoisotopic (exact) mass is 325 g/mol. The molecule has 1 heterocycles. The molecule has 0 radical (unpaired) electrons. The van der Waals surface area contributed by atoms with E-state index in [0.717, 1.165) is 51.2 Å². The van der Waals surface area contributed by atoms with E-state index in [2.05, 4.69) is 10.2 Å². The Bertz CT molecular complexity index is 414. The van der Waals surface area contributed by atoms with Gasteiger partial charge < -0.3 is 20.1 Å². The van der Waals surface area contributed by atoms with E-state index in [1.54, 1.807) is 0 Å². The molecule has 0 bridgehead atoms. The van der Waals surface area contributed by atoms with E-state index in [1.165, 1.54) is 0 Å². The van der Waals surface area contributed by atoms with Crippen LogP contribution >= 0.6 is 0 Å². The molecule has 3 atom stereocenters. The van der Waals surface area contributed by atoms with Crippen LogP contribution in [-0.4, -0.2) is 60.8 Å². The number of aliphatic hydroxyl groups is 1. The normalized spacial score (nSPS) is 28.7. The SMILES string of the molecule is CCNC(=NCC1CCCC1O)N1CCCC(C(=O)OCC)C1. The maximum Gasteiger partial charge on any atom is 0.310 e. The van der Waals surface area contributed by atoms with Crippen LogP contribution < -0.4 is 5.32 Å². The van der Waals surface area contributed by atoms with E-state index in [9.17, 15) is 9.90 Å². The van der Waals surface area contributed by atoms with Crippen molar-refractivity contribution in [3.05, 3.63) is 0 Å². The smallest absolute Gasteiger partial charge is 0.310 e. The van der Waals surface area contributed by atoms with Gasteiger partial charge in [-0.1, -0.05) is 6.42 Å². The number of piperidine rings is 1. The first-order chi connectivity index (χ1) is 11.2. The van der Waals surface area contributed by atoms with Crippen LogP contribution in [-0.2, 0) is 9.53 Å². The van der Waals surface area contributed by atoms with Crippen LogP contribution in [0.5, 0.6) is 0 Å². The van der Waals surface area contributed by atoms with Gasteiger partial charge >= 0.3 is 5.97 Å². The second-order valence-electron chi connectivity index (χ2n) is 6.49. The molecule has 0 aromatic carbocycles. The van der Waals surface area contributed by atoms with Crippen LogP contribution in [0.3, 0.4) is 0 Å². The number of guanidine groups is 1. The highest BCUT2D eigenvalue weighted by Gasteiger charge is 2.29. The zero-order valence-corrected chi connectivity index (χ0v) is 14.5. The first kappa shape index (κ1) is 18.0. The second kappa shape index (κ2) is 9.11. The summed E-state index contributed by atoms with van der Waals surface area (Å²) in [6.07, 6.45) is 4.68. The minimum atomic E-state index is -0.213. The van der Waals surface area contributed by atoms with Gasteiger partial charge in [0.05, 0.1) is 18.6 Å². The van der Waals surface area contributed by atoms with Crippen molar-refractivity contribution in [1.29, 1.82) is 0 Å². The average Bonchev–Trinajstić information content (AvgIpc) is 2.97. The molecule has 0 spiro atoms. The third kappa shape index (κ3) is 5.09. The Morgan fingerprint density at radius 3 is 2.78 bits per heavy atom. The number of rotatable bonds is 5. The van der Waals surface area contributed by atoms with Crippen LogP contribution in [0.2, 0.25) is 0 Å². The Morgan fingerprint density at radius 1 is 1.30 bits per heavy atom. The molecule has 1 saturated heterocycles. The number of carbonyl (C=O) groups is 1. The Labute approximate surface area is 139 Å². The highest BCUT2D eigenvalue weighted by Crippen LogP contribution is 2.26. The van der Waals surface area contributed by atoms with Gasteiger partial charge in [-0.15, -0.1) is 0 Å². The molecule has 132 valence electrons. The number of nitrogens with one attached hydrogen (secondary N) is 1. The van der Waals surface area contributed by atoms with E-state index in [0.29, 0.717) is 19.7 Å². The summed E-state index contributed by atoms with van der Waals surface area (Å²) in [6.45, 7) is 7.36. The number of ether oxygens (including phenoxy) is 1. The Kier molecular flexibility index (Phi) is 7.15. The molecule has 0 amide bonds. The van der Waals surface area contributed by atoms with Gasteiger partial charge in [0.15, 0.2) is 5.96 Å². The number of likely N-dealkylation sites (tertiary alicyclic amines) is 1. The summed E-state index contributed by atoms with van der Waals surface area (Å²) in [4.78, 5) is 18.9. The summed E-state index contributed by atoms with van der Waals surface area (Å²) in [5.41, 5.74) is 0. The standard InChI is InChI=1S/C17H31N3O3/c1-3-18-17(19-11-13-7-5-9-15(13)21)20-10-6-8-14(12-20)16(22)23-4-2/h13-15,21H,3-12H2,1-2H3,(H,18,19). The molecular weight excluding hydrogens is 294 g/mol. The van der Waals surface area contributed by atoms with Crippen molar-refractivity contribution < 1.29 is 14.6 Å². The molecule has 2 rings (SSSR count). The van der Waals surface area contributed by atoms with Crippen molar-refractivity contribution in [2.75, 3.05) is 32.8 Å². The lowest BCUT2D eigenvalue weighted by molar-refractivity contribution is -0.149. The van der Waals surface area contributed by atoms with Gasteiger partial charge in [-0.3, -0.25) is 9.79 Å². The summed E-state index contributed by atoms with van der Waals surface area (Å²) >= 11 is 0. The van der Waals surface area contributed by atoms with Gasteiger partial charge in [0, 0.05) is 32.1 Å². The first-order valence-corrected chi connectivity index (χ1v) is 9.03. The lowest BCUT2D eigenvalue weighted by Crippen LogP contribution is -2.48. The maximum absolute atomic E-state index is 12.0. The number of carbonyl (C=O) groups excluding carboxylic acids is 1. The molecule has 23 heavy (non-hydrogen) atoms. The van der Waals surface area contributed by atoms with Crippen molar-refractivity contribution in [2.45, 2.75) is 52.1 Å². The fraction of sp³-hybridized carbons (Fsp3) is 0.882. The molecule has 2 fully saturated rings. The lowest BCUT2D eigenvalue weighted by atomic mass is 9.98. The zero-order chi connectivity index (χ0) is 16.7. The minimum absolute atomic E-state index is 0.0652. The van der Waals surface area contributed by atoms with Crippen molar-refractivity contribution in [1.82, 2.24) is 10.2 Å². The molecule has 6 heteroatoms. The van der Waals surface area contributed by atoms with Crippen LogP contribution in [0.4, 0.5) is 0 Å². The Hall–Kier alpha value is -1.30. The quantitative estimate of drug-likeness (QED) is 0.454. The molecule has 2 N–H and O–H groups in total. The molecule has 1 aliphatic carbocycles. The Balaban J connectivity index is 1.96. The predicted molar refractivity (Wildman–Crippen MR) is 90.3 cm³/mol. The number of hydrogen-bond acceptors (Lipinski definition) is 4. The molecule has 1 aliphatic heterocycles. The topological polar surface area (TPSA) is 74.2 Å². The molecule has 6 nitrogen and oxygen atoms in total. The molecule has 3 unspecified atom stereocenters. The van der Waals surface area contributed by atoms with Crippen LogP contribution in [0.15, 0.2) is 4.99 Å².